The lowest BCUT2D eigenvalue weighted by Crippen LogP contribution is -1.91. The molecular formula is C14H11ClN4OS. The summed E-state index contributed by atoms with van der Waals surface area (Å²) in [5, 5.41) is 4.66. The van der Waals surface area contributed by atoms with Crippen molar-refractivity contribution in [3.05, 3.63) is 53.3 Å². The van der Waals surface area contributed by atoms with E-state index in [4.69, 9.17) is 21.9 Å². The number of halogens is 1. The maximum atomic E-state index is 5.85. The third-order valence-electron chi connectivity index (χ3n) is 2.64. The highest BCUT2D eigenvalue weighted by Crippen LogP contribution is 2.24. The summed E-state index contributed by atoms with van der Waals surface area (Å²) in [5.74, 6) is 2.00. The van der Waals surface area contributed by atoms with Crippen LogP contribution in [0.3, 0.4) is 0 Å². The summed E-state index contributed by atoms with van der Waals surface area (Å²) in [7, 11) is 0. The van der Waals surface area contributed by atoms with Gasteiger partial charge in [0.15, 0.2) is 5.82 Å². The van der Waals surface area contributed by atoms with E-state index in [0.717, 1.165) is 4.90 Å². The van der Waals surface area contributed by atoms with Gasteiger partial charge in [0, 0.05) is 9.92 Å². The van der Waals surface area contributed by atoms with Gasteiger partial charge in [-0.2, -0.15) is 4.98 Å². The number of thioether (sulfide) groups is 1. The maximum Gasteiger partial charge on any atom is 0.276 e. The fourth-order valence-electron chi connectivity index (χ4n) is 1.67. The number of nitrogen functional groups attached to an aromatic ring is 1. The molecule has 0 radical (unpaired) electrons. The number of rotatable bonds is 4. The SMILES string of the molecule is Nc1cccc(-c2nc(CSc3ccc(Cl)cc3)no2)n1. The molecule has 3 rings (SSSR count). The first kappa shape index (κ1) is 13.9. The van der Waals surface area contributed by atoms with Gasteiger partial charge in [-0.15, -0.1) is 11.8 Å². The minimum Gasteiger partial charge on any atom is -0.384 e. The van der Waals surface area contributed by atoms with Gasteiger partial charge >= 0.3 is 0 Å². The summed E-state index contributed by atoms with van der Waals surface area (Å²) < 4.78 is 5.20. The molecule has 0 aliphatic rings. The molecule has 5 nitrogen and oxygen atoms in total. The molecule has 0 amide bonds. The molecule has 3 aromatic rings. The van der Waals surface area contributed by atoms with Gasteiger partial charge in [-0.1, -0.05) is 22.8 Å². The molecule has 0 unspecified atom stereocenters. The maximum absolute atomic E-state index is 5.85. The van der Waals surface area contributed by atoms with E-state index >= 15 is 0 Å². The van der Waals surface area contributed by atoms with Crippen molar-refractivity contribution in [2.45, 2.75) is 10.6 Å². The highest BCUT2D eigenvalue weighted by molar-refractivity contribution is 7.98. The number of hydrogen-bond donors (Lipinski definition) is 1. The number of pyridine rings is 1. The van der Waals surface area contributed by atoms with Crippen molar-refractivity contribution < 1.29 is 4.52 Å². The van der Waals surface area contributed by atoms with Crippen LogP contribution in [0.1, 0.15) is 5.82 Å². The van der Waals surface area contributed by atoms with Gasteiger partial charge in [0.2, 0.25) is 0 Å². The molecular weight excluding hydrogens is 308 g/mol. The molecule has 0 atom stereocenters. The first-order chi connectivity index (χ1) is 10.2. The predicted octanol–water partition coefficient (Wildman–Crippen LogP) is 3.66. The van der Waals surface area contributed by atoms with E-state index in [0.29, 0.717) is 34.0 Å². The summed E-state index contributed by atoms with van der Waals surface area (Å²) in [6, 6.07) is 12.9. The molecule has 7 heteroatoms. The van der Waals surface area contributed by atoms with E-state index in [2.05, 4.69) is 15.1 Å². The smallest absolute Gasteiger partial charge is 0.276 e. The minimum absolute atomic E-state index is 0.369. The zero-order valence-corrected chi connectivity index (χ0v) is 12.4. The Morgan fingerprint density at radius 3 is 2.67 bits per heavy atom. The van der Waals surface area contributed by atoms with E-state index in [9.17, 15) is 0 Å². The number of aromatic nitrogens is 3. The average Bonchev–Trinajstić information content (AvgIpc) is 2.96. The molecule has 2 N–H and O–H groups in total. The normalized spacial score (nSPS) is 10.7. The van der Waals surface area contributed by atoms with Crippen LogP contribution < -0.4 is 5.73 Å². The van der Waals surface area contributed by atoms with Crippen LogP contribution in [0.25, 0.3) is 11.6 Å². The number of hydrogen-bond acceptors (Lipinski definition) is 6. The van der Waals surface area contributed by atoms with Gasteiger partial charge in [0.25, 0.3) is 5.89 Å². The van der Waals surface area contributed by atoms with Crippen LogP contribution in [0, 0.1) is 0 Å². The quantitative estimate of drug-likeness (QED) is 0.740. The molecule has 1 aromatic carbocycles. The van der Waals surface area contributed by atoms with Crippen LogP contribution in [0.4, 0.5) is 5.82 Å². The van der Waals surface area contributed by atoms with Crippen molar-refractivity contribution in [2.24, 2.45) is 0 Å². The monoisotopic (exact) mass is 318 g/mol. The lowest BCUT2D eigenvalue weighted by atomic mass is 10.3. The molecule has 0 aliphatic heterocycles. The van der Waals surface area contributed by atoms with Crippen molar-refractivity contribution in [2.75, 3.05) is 5.73 Å². The molecule has 0 bridgehead atoms. The summed E-state index contributed by atoms with van der Waals surface area (Å²) in [5.41, 5.74) is 6.21. The fourth-order valence-corrected chi connectivity index (χ4v) is 2.53. The summed E-state index contributed by atoms with van der Waals surface area (Å²) in [6.07, 6.45) is 0. The van der Waals surface area contributed by atoms with Crippen LogP contribution in [0.15, 0.2) is 51.9 Å². The molecule has 0 saturated carbocycles. The van der Waals surface area contributed by atoms with E-state index in [-0.39, 0.29) is 0 Å². The molecule has 2 heterocycles. The molecule has 0 aliphatic carbocycles. The van der Waals surface area contributed by atoms with Crippen molar-refractivity contribution in [1.82, 2.24) is 15.1 Å². The topological polar surface area (TPSA) is 77.8 Å². The molecule has 21 heavy (non-hydrogen) atoms. The highest BCUT2D eigenvalue weighted by Gasteiger charge is 2.10. The molecule has 0 saturated heterocycles. The average molecular weight is 319 g/mol. The van der Waals surface area contributed by atoms with E-state index in [1.807, 2.05) is 24.3 Å². The van der Waals surface area contributed by atoms with E-state index in [1.165, 1.54) is 0 Å². The van der Waals surface area contributed by atoms with Gasteiger partial charge in [0.05, 0.1) is 5.75 Å². The van der Waals surface area contributed by atoms with Gasteiger partial charge in [-0.3, -0.25) is 0 Å². The van der Waals surface area contributed by atoms with Crippen molar-refractivity contribution >= 4 is 29.2 Å². The van der Waals surface area contributed by atoms with Crippen LogP contribution in [-0.4, -0.2) is 15.1 Å². The molecule has 106 valence electrons. The predicted molar refractivity (Wildman–Crippen MR) is 83.0 cm³/mol. The zero-order valence-electron chi connectivity index (χ0n) is 10.9. The van der Waals surface area contributed by atoms with Crippen LogP contribution in [-0.2, 0) is 5.75 Å². The minimum atomic E-state index is 0.369. The van der Waals surface area contributed by atoms with Crippen molar-refractivity contribution in [1.29, 1.82) is 0 Å². The Balaban J connectivity index is 1.69. The Hall–Kier alpha value is -2.05. The van der Waals surface area contributed by atoms with E-state index in [1.54, 1.807) is 30.0 Å². The summed E-state index contributed by atoms with van der Waals surface area (Å²) in [6.45, 7) is 0. The summed E-state index contributed by atoms with van der Waals surface area (Å²) in [4.78, 5) is 9.55. The van der Waals surface area contributed by atoms with Gasteiger partial charge in [0.1, 0.15) is 11.5 Å². The number of anilines is 1. The molecule has 0 spiro atoms. The van der Waals surface area contributed by atoms with Crippen LogP contribution in [0.5, 0.6) is 0 Å². The third kappa shape index (κ3) is 3.53. The van der Waals surface area contributed by atoms with Crippen molar-refractivity contribution in [3.8, 4) is 11.6 Å². The van der Waals surface area contributed by atoms with Crippen LogP contribution >= 0.6 is 23.4 Å². The second-order valence-corrected chi connectivity index (χ2v) is 5.69. The van der Waals surface area contributed by atoms with Crippen LogP contribution in [0.2, 0.25) is 5.02 Å². The standard InChI is InChI=1S/C14H11ClN4OS/c15-9-4-6-10(7-5-9)21-8-13-18-14(20-19-13)11-2-1-3-12(16)17-11/h1-7H,8H2,(H2,16,17). The van der Waals surface area contributed by atoms with Gasteiger partial charge in [-0.05, 0) is 36.4 Å². The third-order valence-corrected chi connectivity index (χ3v) is 3.90. The number of benzene rings is 1. The summed E-state index contributed by atoms with van der Waals surface area (Å²) >= 11 is 7.45. The second kappa shape index (κ2) is 6.15. The molecule has 2 aromatic heterocycles. The Labute approximate surface area is 130 Å². The van der Waals surface area contributed by atoms with Gasteiger partial charge < -0.3 is 10.3 Å². The first-order valence-electron chi connectivity index (χ1n) is 6.14. The zero-order chi connectivity index (χ0) is 14.7. The fraction of sp³-hybridized carbons (Fsp3) is 0.0714. The number of nitrogens with zero attached hydrogens (tertiary/aromatic N) is 3. The Kier molecular flexibility index (Phi) is 4.08. The van der Waals surface area contributed by atoms with E-state index < -0.39 is 0 Å². The second-order valence-electron chi connectivity index (χ2n) is 4.21. The highest BCUT2D eigenvalue weighted by atomic mass is 35.5. The molecule has 0 fully saturated rings. The first-order valence-corrected chi connectivity index (χ1v) is 7.51. The number of nitrogens with two attached hydrogens (primary N) is 1. The van der Waals surface area contributed by atoms with Crippen molar-refractivity contribution in [3.63, 3.8) is 0 Å². The Morgan fingerprint density at radius 1 is 1.10 bits per heavy atom. The Morgan fingerprint density at radius 2 is 1.90 bits per heavy atom. The largest absolute Gasteiger partial charge is 0.384 e. The Bertz CT molecular complexity index is 745. The lowest BCUT2D eigenvalue weighted by molar-refractivity contribution is 0.424. The lowest BCUT2D eigenvalue weighted by Gasteiger charge is -1.97. The van der Waals surface area contributed by atoms with Gasteiger partial charge in [-0.25, -0.2) is 4.98 Å².